The molecular weight excluding hydrogens is 406 g/mol. The standard InChI is InChI=1S/C20H23N5O4S/c1-11-9-15(24-29-11)10-30-19-16(7-6-8-21-19)20(27)28-14(4)18(26)22-17-12(2)23-25(5)13(17)3/h6-9,14H,10H2,1-5H3,(H,22,26). The lowest BCUT2D eigenvalue weighted by Gasteiger charge is -2.14. The Balaban J connectivity index is 1.65. The van der Waals surface area contributed by atoms with E-state index < -0.39 is 18.0 Å². The van der Waals surface area contributed by atoms with Gasteiger partial charge in [0.2, 0.25) is 0 Å². The van der Waals surface area contributed by atoms with Gasteiger partial charge in [-0.05, 0) is 39.8 Å². The molecule has 0 radical (unpaired) electrons. The summed E-state index contributed by atoms with van der Waals surface area (Å²) in [6.07, 6.45) is 0.602. The van der Waals surface area contributed by atoms with Gasteiger partial charge in [-0.1, -0.05) is 16.9 Å². The Morgan fingerprint density at radius 3 is 2.73 bits per heavy atom. The van der Waals surface area contributed by atoms with Crippen LogP contribution in [0.15, 0.2) is 33.9 Å². The van der Waals surface area contributed by atoms with Gasteiger partial charge in [0, 0.05) is 25.1 Å². The van der Waals surface area contributed by atoms with Crippen LogP contribution < -0.4 is 5.32 Å². The molecular formula is C20H23N5O4S. The quantitative estimate of drug-likeness (QED) is 0.450. The summed E-state index contributed by atoms with van der Waals surface area (Å²) >= 11 is 1.34. The first-order valence-electron chi connectivity index (χ1n) is 9.28. The van der Waals surface area contributed by atoms with Gasteiger partial charge in [0.05, 0.1) is 28.3 Å². The maximum absolute atomic E-state index is 12.7. The molecule has 0 aliphatic carbocycles. The molecule has 158 valence electrons. The molecule has 1 amide bonds. The largest absolute Gasteiger partial charge is 0.449 e. The van der Waals surface area contributed by atoms with Crippen LogP contribution in [0.1, 0.15) is 40.1 Å². The molecule has 3 heterocycles. The van der Waals surface area contributed by atoms with Crippen LogP contribution in [0.2, 0.25) is 0 Å². The van der Waals surface area contributed by atoms with E-state index in [1.54, 1.807) is 37.0 Å². The second-order valence-electron chi connectivity index (χ2n) is 6.78. The second kappa shape index (κ2) is 9.12. The fourth-order valence-corrected chi connectivity index (χ4v) is 3.61. The first-order chi connectivity index (χ1) is 14.3. The van der Waals surface area contributed by atoms with Gasteiger partial charge in [0.25, 0.3) is 5.91 Å². The monoisotopic (exact) mass is 429 g/mol. The van der Waals surface area contributed by atoms with Crippen molar-refractivity contribution in [2.75, 3.05) is 5.32 Å². The van der Waals surface area contributed by atoms with E-state index in [0.717, 1.165) is 11.4 Å². The minimum atomic E-state index is -0.993. The number of esters is 1. The predicted molar refractivity (Wildman–Crippen MR) is 111 cm³/mol. The van der Waals surface area contributed by atoms with Gasteiger partial charge in [-0.25, -0.2) is 9.78 Å². The van der Waals surface area contributed by atoms with E-state index in [1.165, 1.54) is 18.7 Å². The summed E-state index contributed by atoms with van der Waals surface area (Å²) in [6, 6.07) is 5.09. The molecule has 3 aromatic rings. The van der Waals surface area contributed by atoms with Crippen molar-refractivity contribution in [3.05, 3.63) is 52.8 Å². The summed E-state index contributed by atoms with van der Waals surface area (Å²) in [5.41, 5.74) is 3.16. The van der Waals surface area contributed by atoms with Crippen molar-refractivity contribution in [1.29, 1.82) is 0 Å². The normalized spacial score (nSPS) is 11.9. The Hall–Kier alpha value is -3.14. The van der Waals surface area contributed by atoms with E-state index >= 15 is 0 Å². The van der Waals surface area contributed by atoms with E-state index in [1.807, 2.05) is 19.9 Å². The summed E-state index contributed by atoms with van der Waals surface area (Å²) in [4.78, 5) is 29.5. The third-order valence-electron chi connectivity index (χ3n) is 4.43. The number of aromatic nitrogens is 4. The molecule has 0 spiro atoms. The lowest BCUT2D eigenvalue weighted by atomic mass is 10.2. The zero-order chi connectivity index (χ0) is 21.8. The van der Waals surface area contributed by atoms with Crippen LogP contribution in [0.4, 0.5) is 5.69 Å². The number of carbonyl (C=O) groups excluding carboxylic acids is 2. The van der Waals surface area contributed by atoms with Crippen molar-refractivity contribution < 1.29 is 18.8 Å². The molecule has 10 heteroatoms. The van der Waals surface area contributed by atoms with E-state index in [4.69, 9.17) is 9.26 Å². The summed E-state index contributed by atoms with van der Waals surface area (Å²) in [6.45, 7) is 6.98. The Labute approximate surface area is 178 Å². The fourth-order valence-electron chi connectivity index (χ4n) is 2.75. The highest BCUT2D eigenvalue weighted by Gasteiger charge is 2.23. The molecule has 0 bridgehead atoms. The van der Waals surface area contributed by atoms with Gasteiger partial charge in [-0.15, -0.1) is 0 Å². The van der Waals surface area contributed by atoms with Gasteiger partial charge in [0.1, 0.15) is 10.8 Å². The number of amides is 1. The highest BCUT2D eigenvalue weighted by molar-refractivity contribution is 7.98. The molecule has 0 saturated heterocycles. The van der Waals surface area contributed by atoms with E-state index in [2.05, 4.69) is 20.6 Å². The van der Waals surface area contributed by atoms with Crippen molar-refractivity contribution in [3.8, 4) is 0 Å². The van der Waals surface area contributed by atoms with Crippen molar-refractivity contribution in [3.63, 3.8) is 0 Å². The topological polar surface area (TPSA) is 112 Å². The average molecular weight is 430 g/mol. The third-order valence-corrected chi connectivity index (χ3v) is 5.47. The van der Waals surface area contributed by atoms with Crippen molar-refractivity contribution in [2.45, 2.75) is 44.6 Å². The molecule has 1 unspecified atom stereocenters. The number of hydrogen-bond donors (Lipinski definition) is 1. The Kier molecular flexibility index (Phi) is 6.56. The van der Waals surface area contributed by atoms with Crippen LogP contribution in [-0.2, 0) is 22.3 Å². The minimum Gasteiger partial charge on any atom is -0.449 e. The van der Waals surface area contributed by atoms with Crippen LogP contribution in [-0.4, -0.2) is 37.9 Å². The second-order valence-corrected chi connectivity index (χ2v) is 7.74. The van der Waals surface area contributed by atoms with Crippen LogP contribution >= 0.6 is 11.8 Å². The first-order valence-corrected chi connectivity index (χ1v) is 10.3. The van der Waals surface area contributed by atoms with Gasteiger partial charge in [-0.2, -0.15) is 5.10 Å². The predicted octanol–water partition coefficient (Wildman–Crippen LogP) is 3.20. The number of thioether (sulfide) groups is 1. The number of pyridine rings is 1. The van der Waals surface area contributed by atoms with Crippen LogP contribution in [0.3, 0.4) is 0 Å². The molecule has 0 fully saturated rings. The van der Waals surface area contributed by atoms with Gasteiger partial charge < -0.3 is 14.6 Å². The van der Waals surface area contributed by atoms with E-state index in [-0.39, 0.29) is 5.56 Å². The van der Waals surface area contributed by atoms with Crippen LogP contribution in [0.25, 0.3) is 0 Å². The number of anilines is 1. The Morgan fingerprint density at radius 2 is 2.10 bits per heavy atom. The maximum Gasteiger partial charge on any atom is 0.341 e. The average Bonchev–Trinajstić information content (AvgIpc) is 3.24. The number of ether oxygens (including phenoxy) is 1. The number of nitrogens with zero attached hydrogens (tertiary/aromatic N) is 4. The molecule has 0 saturated carbocycles. The van der Waals surface area contributed by atoms with Crippen molar-refractivity contribution in [2.24, 2.45) is 7.05 Å². The first kappa shape index (κ1) is 21.6. The third kappa shape index (κ3) is 4.88. The minimum absolute atomic E-state index is 0.288. The molecule has 0 aliphatic rings. The van der Waals surface area contributed by atoms with Gasteiger partial charge in [0.15, 0.2) is 6.10 Å². The maximum atomic E-state index is 12.7. The summed E-state index contributed by atoms with van der Waals surface area (Å²) in [5, 5.41) is 11.5. The lowest BCUT2D eigenvalue weighted by molar-refractivity contribution is -0.123. The van der Waals surface area contributed by atoms with Gasteiger partial charge >= 0.3 is 5.97 Å². The lowest BCUT2D eigenvalue weighted by Crippen LogP contribution is -2.30. The summed E-state index contributed by atoms with van der Waals surface area (Å²) in [7, 11) is 1.80. The number of carbonyl (C=O) groups is 2. The number of rotatable bonds is 7. The van der Waals surface area contributed by atoms with Crippen LogP contribution in [0, 0.1) is 20.8 Å². The van der Waals surface area contributed by atoms with Crippen molar-refractivity contribution in [1.82, 2.24) is 19.9 Å². The molecule has 30 heavy (non-hydrogen) atoms. The molecule has 1 atom stereocenters. The zero-order valence-electron chi connectivity index (χ0n) is 17.4. The summed E-state index contributed by atoms with van der Waals surface area (Å²) in [5.74, 6) is 0.151. The van der Waals surface area contributed by atoms with E-state index in [9.17, 15) is 9.59 Å². The molecule has 3 rings (SSSR count). The Morgan fingerprint density at radius 1 is 1.33 bits per heavy atom. The van der Waals surface area contributed by atoms with Gasteiger partial charge in [-0.3, -0.25) is 9.48 Å². The smallest absolute Gasteiger partial charge is 0.341 e. The number of aryl methyl sites for hydroxylation is 3. The molecule has 0 aromatic carbocycles. The van der Waals surface area contributed by atoms with Crippen LogP contribution in [0.5, 0.6) is 0 Å². The Bertz CT molecular complexity index is 1080. The molecule has 9 nitrogen and oxygen atoms in total. The van der Waals surface area contributed by atoms with E-state index in [0.29, 0.717) is 27.9 Å². The molecule has 1 N–H and O–H groups in total. The molecule has 3 aromatic heterocycles. The number of hydrogen-bond acceptors (Lipinski definition) is 8. The highest BCUT2D eigenvalue weighted by atomic mass is 32.2. The van der Waals surface area contributed by atoms with Crippen molar-refractivity contribution >= 4 is 29.3 Å². The summed E-state index contributed by atoms with van der Waals surface area (Å²) < 4.78 is 12.1. The highest BCUT2D eigenvalue weighted by Crippen LogP contribution is 2.25. The number of nitrogens with one attached hydrogen (secondary N) is 1. The molecule has 0 aliphatic heterocycles. The SMILES string of the molecule is Cc1cc(CSc2ncccc2C(=O)OC(C)C(=O)Nc2c(C)nn(C)c2C)no1. The zero-order valence-corrected chi connectivity index (χ0v) is 18.2. The fraction of sp³-hybridized carbons (Fsp3) is 0.350.